The van der Waals surface area contributed by atoms with Crippen molar-refractivity contribution in [3.05, 3.63) is 35.4 Å². The fraction of sp³-hybridized carbons (Fsp3) is 0.533. The summed E-state index contributed by atoms with van der Waals surface area (Å²) in [7, 11) is 1.97. The zero-order valence-corrected chi connectivity index (χ0v) is 10.6. The number of amides is 1. The predicted molar refractivity (Wildman–Crippen MR) is 67.9 cm³/mol. The average molecular weight is 229 g/mol. The number of benzene rings is 1. The van der Waals surface area contributed by atoms with Crippen LogP contribution < -0.4 is 0 Å². The number of nitrogens with zero attached hydrogens (tertiary/aromatic N) is 1. The molecule has 90 valence electrons. The maximum atomic E-state index is 11.8. The van der Waals surface area contributed by atoms with Crippen LogP contribution in [0.15, 0.2) is 24.3 Å². The molecule has 0 saturated carbocycles. The van der Waals surface area contributed by atoms with Crippen LogP contribution in [0.1, 0.15) is 37.3 Å². The van der Waals surface area contributed by atoms with Crippen molar-refractivity contribution < 1.29 is 4.79 Å². The van der Waals surface area contributed by atoms with E-state index in [9.17, 15) is 4.79 Å². The van der Waals surface area contributed by atoms with Gasteiger partial charge in [-0.05, 0) is 30.4 Å². The molecule has 3 rings (SSSR count). The van der Waals surface area contributed by atoms with Crippen LogP contribution in [-0.4, -0.2) is 23.9 Å². The molecule has 1 aromatic carbocycles. The van der Waals surface area contributed by atoms with Gasteiger partial charge in [-0.15, -0.1) is 0 Å². The molecule has 1 aromatic rings. The number of hydrogen-bond acceptors (Lipinski definition) is 1. The highest BCUT2D eigenvalue weighted by Crippen LogP contribution is 2.45. The fourth-order valence-electron chi connectivity index (χ4n) is 3.72. The summed E-state index contributed by atoms with van der Waals surface area (Å²) in [6.45, 7) is 2.33. The van der Waals surface area contributed by atoms with Gasteiger partial charge in [-0.1, -0.05) is 31.2 Å². The number of likely N-dealkylation sites (tertiary alicyclic amines) is 1. The Bertz CT molecular complexity index is 468. The lowest BCUT2D eigenvalue weighted by Gasteiger charge is -2.50. The highest BCUT2D eigenvalue weighted by molar-refractivity contribution is 5.78. The fourth-order valence-corrected chi connectivity index (χ4v) is 3.72. The SMILES string of the molecule is CN1C(=O)CCC2(C)c3ccccc3CCC12. The van der Waals surface area contributed by atoms with Crippen molar-refractivity contribution in [1.29, 1.82) is 0 Å². The molecule has 0 aromatic heterocycles. The van der Waals surface area contributed by atoms with E-state index in [-0.39, 0.29) is 5.41 Å². The van der Waals surface area contributed by atoms with Gasteiger partial charge in [0.2, 0.25) is 5.91 Å². The molecule has 2 unspecified atom stereocenters. The molecule has 1 saturated heterocycles. The van der Waals surface area contributed by atoms with Gasteiger partial charge in [-0.3, -0.25) is 4.79 Å². The van der Waals surface area contributed by atoms with E-state index in [2.05, 4.69) is 31.2 Å². The second-order valence-corrected chi connectivity index (χ2v) is 5.63. The van der Waals surface area contributed by atoms with E-state index in [0.29, 0.717) is 18.4 Å². The summed E-state index contributed by atoms with van der Waals surface area (Å²) in [5.74, 6) is 0.312. The van der Waals surface area contributed by atoms with Crippen molar-refractivity contribution in [2.45, 2.75) is 44.1 Å². The Hall–Kier alpha value is -1.31. The molecule has 1 heterocycles. The lowest BCUT2D eigenvalue weighted by atomic mass is 9.63. The monoisotopic (exact) mass is 229 g/mol. The molecule has 0 N–H and O–H groups in total. The van der Waals surface area contributed by atoms with Gasteiger partial charge in [0.25, 0.3) is 0 Å². The van der Waals surface area contributed by atoms with Crippen molar-refractivity contribution in [3.8, 4) is 0 Å². The summed E-state index contributed by atoms with van der Waals surface area (Å²) in [5, 5.41) is 0. The van der Waals surface area contributed by atoms with Crippen molar-refractivity contribution in [1.82, 2.24) is 4.90 Å². The van der Waals surface area contributed by atoms with Crippen LogP contribution in [0.3, 0.4) is 0 Å². The molecule has 1 aliphatic carbocycles. The van der Waals surface area contributed by atoms with Crippen LogP contribution >= 0.6 is 0 Å². The number of carbonyl (C=O) groups excluding carboxylic acids is 1. The van der Waals surface area contributed by atoms with Gasteiger partial charge in [0.1, 0.15) is 0 Å². The molecule has 1 aliphatic heterocycles. The summed E-state index contributed by atoms with van der Waals surface area (Å²) in [6, 6.07) is 9.14. The molecule has 0 radical (unpaired) electrons. The Balaban J connectivity index is 2.09. The summed E-state index contributed by atoms with van der Waals surface area (Å²) >= 11 is 0. The van der Waals surface area contributed by atoms with E-state index >= 15 is 0 Å². The standard InChI is InChI=1S/C15H19NO/c1-15-10-9-14(17)16(2)13(15)8-7-11-5-3-4-6-12(11)15/h3-6,13H,7-10H2,1-2H3. The third-order valence-electron chi connectivity index (χ3n) is 4.77. The normalized spacial score (nSPS) is 32.0. The third-order valence-corrected chi connectivity index (χ3v) is 4.77. The lowest BCUT2D eigenvalue weighted by molar-refractivity contribution is -0.138. The molecule has 2 aliphatic rings. The summed E-state index contributed by atoms with van der Waals surface area (Å²) < 4.78 is 0. The van der Waals surface area contributed by atoms with Gasteiger partial charge in [0.05, 0.1) is 0 Å². The van der Waals surface area contributed by atoms with Crippen LogP contribution in [0.2, 0.25) is 0 Å². The van der Waals surface area contributed by atoms with Crippen molar-refractivity contribution in [2.75, 3.05) is 7.05 Å². The molecular formula is C15H19NO. The van der Waals surface area contributed by atoms with E-state index in [1.807, 2.05) is 11.9 Å². The largest absolute Gasteiger partial charge is 0.342 e. The highest BCUT2D eigenvalue weighted by Gasteiger charge is 2.46. The second-order valence-electron chi connectivity index (χ2n) is 5.63. The first-order valence-corrected chi connectivity index (χ1v) is 6.47. The number of rotatable bonds is 0. The van der Waals surface area contributed by atoms with E-state index < -0.39 is 0 Å². The molecule has 17 heavy (non-hydrogen) atoms. The first-order chi connectivity index (χ1) is 8.13. The van der Waals surface area contributed by atoms with Gasteiger partial charge >= 0.3 is 0 Å². The molecule has 1 fully saturated rings. The zero-order chi connectivity index (χ0) is 12.0. The lowest BCUT2D eigenvalue weighted by Crippen LogP contribution is -2.56. The third kappa shape index (κ3) is 1.43. The summed E-state index contributed by atoms with van der Waals surface area (Å²) in [6.07, 6.45) is 3.90. The van der Waals surface area contributed by atoms with Crippen LogP contribution in [0.25, 0.3) is 0 Å². The van der Waals surface area contributed by atoms with E-state index in [4.69, 9.17) is 0 Å². The van der Waals surface area contributed by atoms with Crippen molar-refractivity contribution in [3.63, 3.8) is 0 Å². The summed E-state index contributed by atoms with van der Waals surface area (Å²) in [4.78, 5) is 13.8. The minimum atomic E-state index is 0.164. The Morgan fingerprint density at radius 3 is 2.88 bits per heavy atom. The molecule has 0 bridgehead atoms. The Labute approximate surface area is 103 Å². The van der Waals surface area contributed by atoms with Crippen LogP contribution in [0, 0.1) is 0 Å². The minimum absolute atomic E-state index is 0.164. The van der Waals surface area contributed by atoms with Crippen molar-refractivity contribution >= 4 is 5.91 Å². The van der Waals surface area contributed by atoms with Crippen LogP contribution in [0.5, 0.6) is 0 Å². The molecule has 2 nitrogen and oxygen atoms in total. The first kappa shape index (κ1) is 10.8. The second kappa shape index (κ2) is 3.59. The number of aryl methyl sites for hydroxylation is 1. The smallest absolute Gasteiger partial charge is 0.222 e. The average Bonchev–Trinajstić information content (AvgIpc) is 2.35. The molecular weight excluding hydrogens is 210 g/mol. The topological polar surface area (TPSA) is 20.3 Å². The number of likely N-dealkylation sites (N-methyl/N-ethyl adjacent to an activating group) is 1. The van der Waals surface area contributed by atoms with E-state index in [0.717, 1.165) is 19.3 Å². The Morgan fingerprint density at radius 2 is 2.06 bits per heavy atom. The number of hydrogen-bond donors (Lipinski definition) is 0. The maximum absolute atomic E-state index is 11.8. The van der Waals surface area contributed by atoms with E-state index in [1.165, 1.54) is 11.1 Å². The number of piperidine rings is 1. The summed E-state index contributed by atoms with van der Waals surface area (Å²) in [5.41, 5.74) is 3.11. The predicted octanol–water partition coefficient (Wildman–Crippen LogP) is 2.51. The zero-order valence-electron chi connectivity index (χ0n) is 10.6. The van der Waals surface area contributed by atoms with Crippen molar-refractivity contribution in [2.24, 2.45) is 0 Å². The van der Waals surface area contributed by atoms with Gasteiger partial charge in [0, 0.05) is 24.9 Å². The van der Waals surface area contributed by atoms with E-state index in [1.54, 1.807) is 0 Å². The first-order valence-electron chi connectivity index (χ1n) is 6.47. The molecule has 0 spiro atoms. The van der Waals surface area contributed by atoms with Gasteiger partial charge < -0.3 is 4.90 Å². The van der Waals surface area contributed by atoms with Gasteiger partial charge in [-0.25, -0.2) is 0 Å². The maximum Gasteiger partial charge on any atom is 0.222 e. The quantitative estimate of drug-likeness (QED) is 0.669. The Kier molecular flexibility index (Phi) is 2.29. The number of carbonyl (C=O) groups is 1. The molecule has 2 heteroatoms. The van der Waals surface area contributed by atoms with Gasteiger partial charge in [0.15, 0.2) is 0 Å². The van der Waals surface area contributed by atoms with Gasteiger partial charge in [-0.2, -0.15) is 0 Å². The molecule has 2 atom stereocenters. The minimum Gasteiger partial charge on any atom is -0.342 e. The molecule has 1 amide bonds. The van der Waals surface area contributed by atoms with Crippen LogP contribution in [0.4, 0.5) is 0 Å². The van der Waals surface area contributed by atoms with Crippen LogP contribution in [-0.2, 0) is 16.6 Å². The Morgan fingerprint density at radius 1 is 1.29 bits per heavy atom. The highest BCUT2D eigenvalue weighted by atomic mass is 16.2. The number of fused-ring (bicyclic) bond motifs is 3.